The summed E-state index contributed by atoms with van der Waals surface area (Å²) in [5.41, 5.74) is 0.255. The third-order valence-electron chi connectivity index (χ3n) is 3.18. The van der Waals surface area contributed by atoms with E-state index >= 15 is 0 Å². The first-order chi connectivity index (χ1) is 5.83. The van der Waals surface area contributed by atoms with Gasteiger partial charge in [-0.3, -0.25) is 0 Å². The van der Waals surface area contributed by atoms with Crippen LogP contribution in [-0.2, 0) is 0 Å². The number of hydrogen-bond donors (Lipinski definition) is 2. The molecule has 0 aromatic rings. The molecule has 1 fully saturated rings. The summed E-state index contributed by atoms with van der Waals surface area (Å²) >= 11 is 0. The lowest BCUT2D eigenvalue weighted by Crippen LogP contribution is -2.43. The number of hydrogen-bond acceptors (Lipinski definition) is 2. The summed E-state index contributed by atoms with van der Waals surface area (Å²) in [4.78, 5) is 0. The van der Waals surface area contributed by atoms with Gasteiger partial charge in [-0.1, -0.05) is 25.7 Å². The van der Waals surface area contributed by atoms with E-state index in [2.05, 4.69) is 5.32 Å². The van der Waals surface area contributed by atoms with Gasteiger partial charge in [-0.25, -0.2) is 0 Å². The molecule has 1 saturated carbocycles. The van der Waals surface area contributed by atoms with E-state index in [1.807, 2.05) is 7.05 Å². The summed E-state index contributed by atoms with van der Waals surface area (Å²) in [6.07, 6.45) is 8.78. The SMILES string of the molecule is CNC1(CCO)CCCCCC1. The van der Waals surface area contributed by atoms with Gasteiger partial charge in [0.15, 0.2) is 0 Å². The molecule has 0 amide bonds. The first kappa shape index (κ1) is 10.0. The van der Waals surface area contributed by atoms with Crippen LogP contribution in [0.15, 0.2) is 0 Å². The molecule has 0 spiro atoms. The number of aliphatic hydroxyl groups excluding tert-OH is 1. The topological polar surface area (TPSA) is 32.3 Å². The molecule has 0 unspecified atom stereocenters. The van der Waals surface area contributed by atoms with Crippen LogP contribution in [0.2, 0.25) is 0 Å². The van der Waals surface area contributed by atoms with Crippen LogP contribution >= 0.6 is 0 Å². The van der Waals surface area contributed by atoms with Gasteiger partial charge in [-0.2, -0.15) is 0 Å². The van der Waals surface area contributed by atoms with Crippen molar-refractivity contribution in [1.29, 1.82) is 0 Å². The van der Waals surface area contributed by atoms with E-state index in [9.17, 15) is 0 Å². The van der Waals surface area contributed by atoms with Gasteiger partial charge in [0.2, 0.25) is 0 Å². The van der Waals surface area contributed by atoms with Crippen molar-refractivity contribution in [1.82, 2.24) is 5.32 Å². The molecule has 0 aliphatic heterocycles. The maximum Gasteiger partial charge on any atom is 0.0448 e. The number of rotatable bonds is 3. The van der Waals surface area contributed by atoms with E-state index in [0.29, 0.717) is 6.61 Å². The highest BCUT2D eigenvalue weighted by Crippen LogP contribution is 2.29. The van der Waals surface area contributed by atoms with Crippen molar-refractivity contribution in [3.63, 3.8) is 0 Å². The first-order valence-electron chi connectivity index (χ1n) is 5.13. The van der Waals surface area contributed by atoms with Crippen molar-refractivity contribution in [3.05, 3.63) is 0 Å². The normalized spacial score (nSPS) is 23.5. The molecule has 1 rings (SSSR count). The Morgan fingerprint density at radius 1 is 1.17 bits per heavy atom. The second-order valence-electron chi connectivity index (χ2n) is 3.92. The van der Waals surface area contributed by atoms with Crippen LogP contribution in [0, 0.1) is 0 Å². The quantitative estimate of drug-likeness (QED) is 0.633. The van der Waals surface area contributed by atoms with Crippen LogP contribution in [0.1, 0.15) is 44.9 Å². The largest absolute Gasteiger partial charge is 0.396 e. The summed E-state index contributed by atoms with van der Waals surface area (Å²) in [5.74, 6) is 0. The van der Waals surface area contributed by atoms with Gasteiger partial charge < -0.3 is 10.4 Å². The highest BCUT2D eigenvalue weighted by molar-refractivity contribution is 4.87. The molecule has 0 aromatic carbocycles. The average Bonchev–Trinajstić information content (AvgIpc) is 2.32. The second kappa shape index (κ2) is 4.83. The molecule has 1 aliphatic carbocycles. The van der Waals surface area contributed by atoms with Gasteiger partial charge in [-0.05, 0) is 26.3 Å². The molecular weight excluding hydrogens is 150 g/mol. The fourth-order valence-electron chi connectivity index (χ4n) is 2.24. The molecule has 0 saturated heterocycles. The fourth-order valence-corrected chi connectivity index (χ4v) is 2.24. The van der Waals surface area contributed by atoms with Gasteiger partial charge in [-0.15, -0.1) is 0 Å². The molecule has 0 aromatic heterocycles. The predicted molar refractivity (Wildman–Crippen MR) is 51.2 cm³/mol. The Balaban J connectivity index is 2.48. The van der Waals surface area contributed by atoms with Crippen LogP contribution in [0.3, 0.4) is 0 Å². The molecule has 0 radical (unpaired) electrons. The van der Waals surface area contributed by atoms with E-state index < -0.39 is 0 Å². The minimum Gasteiger partial charge on any atom is -0.396 e. The van der Waals surface area contributed by atoms with Crippen molar-refractivity contribution in [2.75, 3.05) is 13.7 Å². The van der Waals surface area contributed by atoms with E-state index in [-0.39, 0.29) is 5.54 Å². The van der Waals surface area contributed by atoms with Gasteiger partial charge >= 0.3 is 0 Å². The van der Waals surface area contributed by atoms with E-state index in [0.717, 1.165) is 6.42 Å². The first-order valence-corrected chi connectivity index (χ1v) is 5.13. The Hall–Kier alpha value is -0.0800. The van der Waals surface area contributed by atoms with Crippen LogP contribution < -0.4 is 5.32 Å². The smallest absolute Gasteiger partial charge is 0.0448 e. The van der Waals surface area contributed by atoms with Gasteiger partial charge in [0.05, 0.1) is 0 Å². The van der Waals surface area contributed by atoms with Gasteiger partial charge in [0.25, 0.3) is 0 Å². The van der Waals surface area contributed by atoms with Crippen molar-refractivity contribution in [2.45, 2.75) is 50.5 Å². The van der Waals surface area contributed by atoms with Gasteiger partial charge in [0, 0.05) is 12.1 Å². The van der Waals surface area contributed by atoms with E-state index in [4.69, 9.17) is 5.11 Å². The van der Waals surface area contributed by atoms with Crippen molar-refractivity contribution >= 4 is 0 Å². The molecule has 72 valence electrons. The summed E-state index contributed by atoms with van der Waals surface area (Å²) in [6.45, 7) is 0.320. The maximum absolute atomic E-state index is 8.97. The molecule has 2 heteroatoms. The lowest BCUT2D eigenvalue weighted by atomic mass is 9.87. The standard InChI is InChI=1S/C10H21NO/c1-11-10(8-9-12)6-4-2-3-5-7-10/h11-12H,2-9H2,1H3. The zero-order valence-electron chi connectivity index (χ0n) is 8.10. The van der Waals surface area contributed by atoms with E-state index in [1.165, 1.54) is 38.5 Å². The molecule has 0 atom stereocenters. The highest BCUT2D eigenvalue weighted by Gasteiger charge is 2.27. The Bertz CT molecular complexity index is 117. The third-order valence-corrected chi connectivity index (χ3v) is 3.18. The molecule has 0 bridgehead atoms. The molecule has 1 aliphatic rings. The molecule has 2 nitrogen and oxygen atoms in total. The third kappa shape index (κ3) is 2.46. The maximum atomic E-state index is 8.97. The van der Waals surface area contributed by atoms with Crippen LogP contribution in [0.4, 0.5) is 0 Å². The second-order valence-corrected chi connectivity index (χ2v) is 3.92. The molecular formula is C10H21NO. The number of aliphatic hydroxyl groups is 1. The van der Waals surface area contributed by atoms with Crippen LogP contribution in [-0.4, -0.2) is 24.3 Å². The summed E-state index contributed by atoms with van der Waals surface area (Å²) < 4.78 is 0. The molecule has 12 heavy (non-hydrogen) atoms. The van der Waals surface area contributed by atoms with E-state index in [1.54, 1.807) is 0 Å². The fraction of sp³-hybridized carbons (Fsp3) is 1.00. The number of nitrogens with one attached hydrogen (secondary N) is 1. The van der Waals surface area contributed by atoms with Crippen LogP contribution in [0.5, 0.6) is 0 Å². The summed E-state index contributed by atoms with van der Waals surface area (Å²) in [6, 6.07) is 0. The summed E-state index contributed by atoms with van der Waals surface area (Å²) in [7, 11) is 2.03. The summed E-state index contributed by atoms with van der Waals surface area (Å²) in [5, 5.41) is 12.4. The minimum absolute atomic E-state index is 0.255. The minimum atomic E-state index is 0.255. The average molecular weight is 171 g/mol. The Morgan fingerprint density at radius 2 is 1.75 bits per heavy atom. The van der Waals surface area contributed by atoms with Crippen molar-refractivity contribution in [2.24, 2.45) is 0 Å². The Labute approximate surface area is 75.4 Å². The monoisotopic (exact) mass is 171 g/mol. The lowest BCUT2D eigenvalue weighted by Gasteiger charge is -2.31. The molecule has 0 heterocycles. The Kier molecular flexibility index (Phi) is 4.02. The predicted octanol–water partition coefficient (Wildman–Crippen LogP) is 1.68. The highest BCUT2D eigenvalue weighted by atomic mass is 16.3. The zero-order chi connectivity index (χ0) is 8.86. The Morgan fingerprint density at radius 3 is 2.17 bits per heavy atom. The molecule has 2 N–H and O–H groups in total. The van der Waals surface area contributed by atoms with Crippen molar-refractivity contribution < 1.29 is 5.11 Å². The lowest BCUT2D eigenvalue weighted by molar-refractivity contribution is 0.199. The van der Waals surface area contributed by atoms with Gasteiger partial charge in [0.1, 0.15) is 0 Å². The zero-order valence-corrected chi connectivity index (χ0v) is 8.10. The van der Waals surface area contributed by atoms with Crippen LogP contribution in [0.25, 0.3) is 0 Å². The van der Waals surface area contributed by atoms with Crippen molar-refractivity contribution in [3.8, 4) is 0 Å².